The van der Waals surface area contributed by atoms with Crippen molar-refractivity contribution in [3.63, 3.8) is 0 Å². The quantitative estimate of drug-likeness (QED) is 0.148. The molecule has 1 saturated heterocycles. The van der Waals surface area contributed by atoms with E-state index in [1.54, 1.807) is 18.6 Å². The van der Waals surface area contributed by atoms with Crippen LogP contribution >= 0.6 is 11.6 Å². The highest BCUT2D eigenvalue weighted by Gasteiger charge is 2.52. The minimum atomic E-state index is -0.380. The third-order valence-corrected chi connectivity index (χ3v) is 8.05. The van der Waals surface area contributed by atoms with Crippen LogP contribution in [-0.4, -0.2) is 86.3 Å². The summed E-state index contributed by atoms with van der Waals surface area (Å²) >= 11 is 5.38. The van der Waals surface area contributed by atoms with Gasteiger partial charge in [0.05, 0.1) is 54.9 Å². The molecule has 0 atom stereocenters. The molecule has 1 aliphatic heterocycles. The molecule has 5 heterocycles. The Morgan fingerprint density at radius 1 is 0.655 bits per heavy atom. The van der Waals surface area contributed by atoms with Crippen molar-refractivity contribution in [3.05, 3.63) is 77.0 Å². The first-order valence-corrected chi connectivity index (χ1v) is 18.1. The second kappa shape index (κ2) is 23.0. The zero-order valence-electron chi connectivity index (χ0n) is 34.9. The van der Waals surface area contributed by atoms with E-state index in [-0.39, 0.29) is 41.5 Å². The summed E-state index contributed by atoms with van der Waals surface area (Å²) in [5.74, 6) is 1.25. The van der Waals surface area contributed by atoms with Gasteiger partial charge in [0.2, 0.25) is 11.8 Å². The molecule has 1 fully saturated rings. The Morgan fingerprint density at radius 2 is 1.09 bits per heavy atom. The molecule has 0 spiro atoms. The molecule has 0 aliphatic carbocycles. The monoisotopic (exact) mass is 820 g/mol. The molecule has 0 saturated carbocycles. The number of halogens is 1. The van der Waals surface area contributed by atoms with E-state index in [0.717, 1.165) is 22.2 Å². The predicted molar refractivity (Wildman–Crippen MR) is 212 cm³/mol. The Kier molecular flexibility index (Phi) is 20.0. The summed E-state index contributed by atoms with van der Waals surface area (Å²) in [6.07, 6.45) is 11.0. The van der Waals surface area contributed by atoms with Crippen LogP contribution in [0.15, 0.2) is 49.3 Å². The highest BCUT2D eigenvalue weighted by molar-refractivity contribution is 6.62. The number of rotatable bonds is 8. The summed E-state index contributed by atoms with van der Waals surface area (Å²) in [5, 5.41) is 0.292. The van der Waals surface area contributed by atoms with Gasteiger partial charge < -0.3 is 18.8 Å². The van der Waals surface area contributed by atoms with E-state index in [1.807, 2.05) is 26.0 Å². The molecule has 4 aromatic rings. The maximum atomic E-state index is 10.6. The van der Waals surface area contributed by atoms with Gasteiger partial charge in [-0.3, -0.25) is 14.6 Å². The van der Waals surface area contributed by atoms with Crippen LogP contribution < -0.4 is 14.9 Å². The first kappa shape index (κ1) is 50.5. The molecule has 1 aliphatic rings. The lowest BCUT2D eigenvalue weighted by molar-refractivity contribution is -0.193. The number of nitrogens with zero attached hydrogens (tertiary/aromatic N) is 6. The van der Waals surface area contributed by atoms with E-state index in [0.29, 0.717) is 59.8 Å². The molecule has 16 nitrogen and oxygen atoms in total. The predicted octanol–water partition coefficient (Wildman–Crippen LogP) is 5.97. The summed E-state index contributed by atoms with van der Waals surface area (Å²) in [6, 6.07) is 3.84. The van der Waals surface area contributed by atoms with Gasteiger partial charge in [-0.05, 0) is 63.5 Å². The topological polar surface area (TPSA) is 217 Å². The normalized spacial score (nSPS) is 13.4. The Labute approximate surface area is 344 Å². The average molecular weight is 821 g/mol. The van der Waals surface area contributed by atoms with Crippen molar-refractivity contribution in [1.82, 2.24) is 29.9 Å². The van der Waals surface area contributed by atoms with E-state index >= 15 is 0 Å². The maximum absolute atomic E-state index is 10.6. The lowest BCUT2D eigenvalue weighted by Crippen LogP contribution is -2.41. The molecule has 4 aromatic heterocycles. The molecule has 58 heavy (non-hydrogen) atoms. The number of aromatic nitrogens is 6. The third kappa shape index (κ3) is 17.7. The van der Waals surface area contributed by atoms with Gasteiger partial charge in [0.1, 0.15) is 16.5 Å². The van der Waals surface area contributed by atoms with Gasteiger partial charge in [0.25, 0.3) is 0 Å². The van der Waals surface area contributed by atoms with Crippen LogP contribution in [0.1, 0.15) is 101 Å². The molecule has 0 bridgehead atoms. The van der Waals surface area contributed by atoms with Crippen molar-refractivity contribution in [2.24, 2.45) is 10.8 Å². The van der Waals surface area contributed by atoms with Crippen LogP contribution in [0.3, 0.4) is 0 Å². The summed E-state index contributed by atoms with van der Waals surface area (Å²) in [7, 11) is -0.380. The van der Waals surface area contributed by atoms with Crippen molar-refractivity contribution in [2.45, 2.75) is 94.3 Å². The van der Waals surface area contributed by atoms with Crippen molar-refractivity contribution >= 4 is 49.1 Å². The van der Waals surface area contributed by atoms with Gasteiger partial charge in [-0.25, -0.2) is 24.9 Å². The molecule has 310 valence electrons. The first-order valence-electron chi connectivity index (χ1n) is 17.7. The molecule has 0 unspecified atom stereocenters. The summed E-state index contributed by atoms with van der Waals surface area (Å²) in [5.41, 5.74) is 4.72. The SMILES string of the molecule is Cc1cc(OCC(C)(C)C)ncc1-c1cnc(C=O)cn1.Cc1cc(OCC(C)(C)C)ncc1B1OC(C)(C)C(C)(C)O1.O=C=O.O=C=O.O=Cc1cnc(Cl)cn1. The zero-order chi connectivity index (χ0) is 44.3. The summed E-state index contributed by atoms with van der Waals surface area (Å²) in [6.45, 7) is 26.2. The van der Waals surface area contributed by atoms with E-state index in [9.17, 15) is 9.59 Å². The molecular formula is C40H50BClN6O10. The second-order valence-corrected chi connectivity index (χ2v) is 16.4. The van der Waals surface area contributed by atoms with Gasteiger partial charge in [-0.2, -0.15) is 19.2 Å². The Hall–Kier alpha value is -5.57. The highest BCUT2D eigenvalue weighted by atomic mass is 35.5. The molecular weight excluding hydrogens is 771 g/mol. The molecule has 0 N–H and O–H groups in total. The van der Waals surface area contributed by atoms with Crippen LogP contribution in [0.2, 0.25) is 5.15 Å². The minimum Gasteiger partial charge on any atom is -0.477 e. The first-order chi connectivity index (χ1) is 27.0. The van der Waals surface area contributed by atoms with Gasteiger partial charge in [-0.15, -0.1) is 0 Å². The Bertz CT molecular complexity index is 1960. The van der Waals surface area contributed by atoms with Crippen molar-refractivity contribution in [2.75, 3.05) is 13.2 Å². The second-order valence-electron chi connectivity index (χ2n) is 16.0. The number of carbonyl (C=O) groups is 2. The fourth-order valence-corrected chi connectivity index (χ4v) is 4.31. The number of carbonyl (C=O) groups excluding carboxylic acids is 6. The van der Waals surface area contributed by atoms with Crippen LogP contribution in [0.5, 0.6) is 11.8 Å². The highest BCUT2D eigenvalue weighted by Crippen LogP contribution is 2.36. The standard InChI is InChI=1S/C17H28BNO3.C16H19N3O2.C5H3ClN2O.2CO2/c1-12-9-14(20-11-15(2,3)4)19-10-13(12)18-21-16(5,6)17(7,8)22-18;1-11-5-15(21-10-16(2,3)4)19-7-13(11)14-8-17-12(9-20)6-18-14;6-5-2-7-4(3-9)1-8-5;2*2-1-3/h9-10H,11H2,1-8H3;5-9H,10H2,1-4H3;1-3H;;. The van der Waals surface area contributed by atoms with E-state index in [4.69, 9.17) is 49.6 Å². The Balaban J connectivity index is 0.000000432. The van der Waals surface area contributed by atoms with Crippen molar-refractivity contribution in [1.29, 1.82) is 0 Å². The van der Waals surface area contributed by atoms with E-state index < -0.39 is 0 Å². The van der Waals surface area contributed by atoms with Crippen LogP contribution in [0.4, 0.5) is 0 Å². The number of hydrogen-bond acceptors (Lipinski definition) is 16. The number of ether oxygens (including phenoxy) is 2. The number of aryl methyl sites for hydroxylation is 2. The minimum absolute atomic E-state index is 0.0877. The van der Waals surface area contributed by atoms with Gasteiger partial charge in [0.15, 0.2) is 12.6 Å². The van der Waals surface area contributed by atoms with Crippen LogP contribution in [0, 0.1) is 24.7 Å². The number of aldehydes is 2. The van der Waals surface area contributed by atoms with Crippen LogP contribution in [0.25, 0.3) is 11.3 Å². The molecule has 0 radical (unpaired) electrons. The van der Waals surface area contributed by atoms with Crippen molar-refractivity contribution in [3.8, 4) is 23.0 Å². The fraction of sp³-hybridized carbons (Fsp3) is 0.450. The van der Waals surface area contributed by atoms with Gasteiger partial charge in [0, 0.05) is 35.6 Å². The van der Waals surface area contributed by atoms with E-state index in [2.05, 4.69) is 99.1 Å². The maximum Gasteiger partial charge on any atom is 0.496 e. The average Bonchev–Trinajstić information content (AvgIpc) is 3.36. The number of hydrogen-bond donors (Lipinski definition) is 0. The zero-order valence-corrected chi connectivity index (χ0v) is 35.7. The largest absolute Gasteiger partial charge is 0.496 e. The van der Waals surface area contributed by atoms with Gasteiger partial charge in [-0.1, -0.05) is 53.1 Å². The Morgan fingerprint density at radius 3 is 1.45 bits per heavy atom. The smallest absolute Gasteiger partial charge is 0.477 e. The number of pyridine rings is 2. The lowest BCUT2D eigenvalue weighted by Gasteiger charge is -2.32. The molecule has 18 heteroatoms. The molecule has 5 rings (SSSR count). The van der Waals surface area contributed by atoms with Crippen LogP contribution in [-0.2, 0) is 28.5 Å². The van der Waals surface area contributed by atoms with E-state index in [1.165, 1.54) is 18.6 Å². The van der Waals surface area contributed by atoms with Gasteiger partial charge >= 0.3 is 19.4 Å². The molecule has 0 aromatic carbocycles. The fourth-order valence-electron chi connectivity index (χ4n) is 4.22. The summed E-state index contributed by atoms with van der Waals surface area (Å²) in [4.78, 5) is 77.3. The lowest BCUT2D eigenvalue weighted by atomic mass is 9.77. The molecule has 0 amide bonds. The summed E-state index contributed by atoms with van der Waals surface area (Å²) < 4.78 is 23.6. The van der Waals surface area contributed by atoms with Crippen molar-refractivity contribution < 1.29 is 47.5 Å². The third-order valence-electron chi connectivity index (χ3n) is 7.85.